The predicted molar refractivity (Wildman–Crippen MR) is 112 cm³/mol. The van der Waals surface area contributed by atoms with Gasteiger partial charge in [-0.15, -0.1) is 11.3 Å². The minimum Gasteiger partial charge on any atom is -0.462 e. The van der Waals surface area contributed by atoms with Crippen molar-refractivity contribution in [3.05, 3.63) is 70.1 Å². The Morgan fingerprint density at radius 1 is 1.10 bits per heavy atom. The van der Waals surface area contributed by atoms with Crippen LogP contribution >= 0.6 is 22.9 Å². The molecule has 5 nitrogen and oxygen atoms in total. The minimum atomic E-state index is -2.95. The van der Waals surface area contributed by atoms with E-state index in [1.807, 2.05) is 0 Å². The molecule has 0 aliphatic rings. The SMILES string of the molecule is CCOC(=O)c1c(-c2ccccc2Cl)csc1NC(=O)c1ccc(OC(F)F)cc1. The monoisotopic (exact) mass is 451 g/mol. The fourth-order valence-electron chi connectivity index (χ4n) is 2.70. The van der Waals surface area contributed by atoms with Crippen LogP contribution in [0.4, 0.5) is 13.8 Å². The van der Waals surface area contributed by atoms with Gasteiger partial charge in [-0.3, -0.25) is 4.79 Å². The van der Waals surface area contributed by atoms with E-state index in [-0.39, 0.29) is 23.5 Å². The van der Waals surface area contributed by atoms with Crippen molar-refractivity contribution in [1.29, 1.82) is 0 Å². The summed E-state index contributed by atoms with van der Waals surface area (Å²) in [5.74, 6) is -1.17. The second kappa shape index (κ2) is 9.69. The normalized spacial score (nSPS) is 10.7. The highest BCUT2D eigenvalue weighted by atomic mass is 35.5. The third kappa shape index (κ3) is 4.95. The second-order valence-electron chi connectivity index (χ2n) is 5.91. The highest BCUT2D eigenvalue weighted by Gasteiger charge is 2.24. The van der Waals surface area contributed by atoms with Gasteiger partial charge in [0, 0.05) is 27.1 Å². The van der Waals surface area contributed by atoms with E-state index in [1.54, 1.807) is 36.6 Å². The Morgan fingerprint density at radius 3 is 2.43 bits per heavy atom. The highest BCUT2D eigenvalue weighted by molar-refractivity contribution is 7.15. The van der Waals surface area contributed by atoms with Gasteiger partial charge in [0.15, 0.2) is 0 Å². The Labute approximate surface area is 180 Å². The van der Waals surface area contributed by atoms with Gasteiger partial charge >= 0.3 is 12.6 Å². The first-order valence-electron chi connectivity index (χ1n) is 8.80. The van der Waals surface area contributed by atoms with Crippen LogP contribution < -0.4 is 10.1 Å². The molecule has 30 heavy (non-hydrogen) atoms. The number of anilines is 1. The number of alkyl halides is 2. The number of benzene rings is 2. The summed E-state index contributed by atoms with van der Waals surface area (Å²) >= 11 is 7.43. The largest absolute Gasteiger partial charge is 0.462 e. The van der Waals surface area contributed by atoms with Crippen LogP contribution in [0.25, 0.3) is 11.1 Å². The summed E-state index contributed by atoms with van der Waals surface area (Å²) in [5.41, 5.74) is 1.58. The molecule has 0 bridgehead atoms. The zero-order chi connectivity index (χ0) is 21.7. The molecule has 1 amide bonds. The lowest BCUT2D eigenvalue weighted by atomic mass is 10.0. The van der Waals surface area contributed by atoms with Crippen molar-refractivity contribution in [2.75, 3.05) is 11.9 Å². The summed E-state index contributed by atoms with van der Waals surface area (Å²) in [7, 11) is 0. The lowest BCUT2D eigenvalue weighted by Crippen LogP contribution is -2.15. The van der Waals surface area contributed by atoms with E-state index in [0.717, 1.165) is 11.3 Å². The van der Waals surface area contributed by atoms with Gasteiger partial charge in [-0.05, 0) is 37.3 Å². The lowest BCUT2D eigenvalue weighted by molar-refractivity contribution is -0.0498. The van der Waals surface area contributed by atoms with Crippen molar-refractivity contribution in [1.82, 2.24) is 0 Å². The maximum absolute atomic E-state index is 12.6. The molecule has 3 aromatic rings. The van der Waals surface area contributed by atoms with Gasteiger partial charge in [0.1, 0.15) is 16.3 Å². The molecule has 1 N–H and O–H groups in total. The van der Waals surface area contributed by atoms with Gasteiger partial charge in [0.2, 0.25) is 0 Å². The lowest BCUT2D eigenvalue weighted by Gasteiger charge is -2.10. The summed E-state index contributed by atoms with van der Waals surface area (Å²) in [6.07, 6.45) is 0. The summed E-state index contributed by atoms with van der Waals surface area (Å²) < 4.78 is 34.0. The molecule has 156 valence electrons. The molecule has 0 radical (unpaired) electrons. The zero-order valence-electron chi connectivity index (χ0n) is 15.7. The van der Waals surface area contributed by atoms with Crippen molar-refractivity contribution in [2.45, 2.75) is 13.5 Å². The molecule has 1 aromatic heterocycles. The van der Waals surface area contributed by atoms with E-state index in [9.17, 15) is 18.4 Å². The maximum Gasteiger partial charge on any atom is 0.387 e. The molecule has 3 rings (SSSR count). The van der Waals surface area contributed by atoms with Gasteiger partial charge in [0.05, 0.1) is 6.61 Å². The van der Waals surface area contributed by atoms with Gasteiger partial charge in [-0.2, -0.15) is 8.78 Å². The molecular formula is C21H16ClF2NO4S. The van der Waals surface area contributed by atoms with E-state index >= 15 is 0 Å². The van der Waals surface area contributed by atoms with Crippen LogP contribution in [0, 0.1) is 0 Å². The predicted octanol–water partition coefficient (Wildman–Crippen LogP) is 6.10. The van der Waals surface area contributed by atoms with Gasteiger partial charge < -0.3 is 14.8 Å². The van der Waals surface area contributed by atoms with E-state index in [2.05, 4.69) is 10.1 Å². The summed E-state index contributed by atoms with van der Waals surface area (Å²) in [6.45, 7) is -1.11. The Balaban J connectivity index is 1.91. The van der Waals surface area contributed by atoms with Crippen molar-refractivity contribution >= 4 is 39.8 Å². The third-order valence-electron chi connectivity index (χ3n) is 4.00. The number of thiophene rings is 1. The number of hydrogen-bond donors (Lipinski definition) is 1. The summed E-state index contributed by atoms with van der Waals surface area (Å²) in [6, 6.07) is 12.2. The van der Waals surface area contributed by atoms with Crippen molar-refractivity contribution < 1.29 is 27.8 Å². The van der Waals surface area contributed by atoms with Crippen LogP contribution in [-0.2, 0) is 4.74 Å². The molecule has 0 spiro atoms. The standard InChI is InChI=1S/C21H16ClF2NO4S/c1-2-28-20(27)17-15(14-5-3-4-6-16(14)22)11-30-19(17)25-18(26)12-7-9-13(10-8-12)29-21(23)24/h3-11,21H,2H2,1H3,(H,25,26). The number of amides is 1. The van der Waals surface area contributed by atoms with Crippen molar-refractivity contribution in [2.24, 2.45) is 0 Å². The first kappa shape index (κ1) is 21.7. The molecule has 9 heteroatoms. The number of esters is 1. The molecule has 1 heterocycles. The Kier molecular flexibility index (Phi) is 7.02. The van der Waals surface area contributed by atoms with Gasteiger partial charge in [-0.1, -0.05) is 29.8 Å². The number of carbonyl (C=O) groups excluding carboxylic acids is 2. The number of nitrogens with one attached hydrogen (secondary N) is 1. The quantitative estimate of drug-likeness (QED) is 0.441. The van der Waals surface area contributed by atoms with Crippen LogP contribution in [0.2, 0.25) is 5.02 Å². The van der Waals surface area contributed by atoms with Crippen molar-refractivity contribution in [3.63, 3.8) is 0 Å². The molecule has 0 fully saturated rings. The Bertz CT molecular complexity index is 1050. The molecule has 0 saturated heterocycles. The summed E-state index contributed by atoms with van der Waals surface area (Å²) in [5, 5.41) is 5.14. The average molecular weight is 452 g/mol. The van der Waals surface area contributed by atoms with Gasteiger partial charge in [-0.25, -0.2) is 4.79 Å². The van der Waals surface area contributed by atoms with Crippen LogP contribution in [0.3, 0.4) is 0 Å². The highest BCUT2D eigenvalue weighted by Crippen LogP contribution is 2.39. The van der Waals surface area contributed by atoms with Crippen LogP contribution in [0.5, 0.6) is 5.75 Å². The van der Waals surface area contributed by atoms with E-state index in [1.165, 1.54) is 24.3 Å². The van der Waals surface area contributed by atoms with Crippen LogP contribution in [-0.4, -0.2) is 25.1 Å². The first-order valence-corrected chi connectivity index (χ1v) is 10.1. The zero-order valence-corrected chi connectivity index (χ0v) is 17.2. The van der Waals surface area contributed by atoms with E-state index in [4.69, 9.17) is 16.3 Å². The number of halogens is 3. The topological polar surface area (TPSA) is 64.6 Å². The number of ether oxygens (including phenoxy) is 2. The first-order chi connectivity index (χ1) is 14.4. The number of hydrogen-bond acceptors (Lipinski definition) is 5. The second-order valence-corrected chi connectivity index (χ2v) is 7.20. The number of rotatable bonds is 7. The third-order valence-corrected chi connectivity index (χ3v) is 5.23. The maximum atomic E-state index is 12.6. The smallest absolute Gasteiger partial charge is 0.387 e. The fraction of sp³-hybridized carbons (Fsp3) is 0.143. The van der Waals surface area contributed by atoms with Gasteiger partial charge in [0.25, 0.3) is 5.91 Å². The van der Waals surface area contributed by atoms with E-state index < -0.39 is 18.5 Å². The van der Waals surface area contributed by atoms with Crippen LogP contribution in [0.15, 0.2) is 53.9 Å². The Morgan fingerprint density at radius 2 is 1.80 bits per heavy atom. The molecular weight excluding hydrogens is 436 g/mol. The van der Waals surface area contributed by atoms with E-state index in [0.29, 0.717) is 21.2 Å². The molecule has 2 aromatic carbocycles. The van der Waals surface area contributed by atoms with Crippen LogP contribution in [0.1, 0.15) is 27.6 Å². The molecule has 0 aliphatic heterocycles. The molecule has 0 aliphatic carbocycles. The summed E-state index contributed by atoms with van der Waals surface area (Å²) in [4.78, 5) is 25.2. The number of carbonyl (C=O) groups is 2. The Hall–Kier alpha value is -2.97. The molecule has 0 atom stereocenters. The fourth-order valence-corrected chi connectivity index (χ4v) is 3.88. The molecule has 0 saturated carbocycles. The average Bonchev–Trinajstić information content (AvgIpc) is 3.12. The minimum absolute atomic E-state index is 0.0640. The van der Waals surface area contributed by atoms with Crippen molar-refractivity contribution in [3.8, 4) is 16.9 Å². The molecule has 0 unspecified atom stereocenters.